The van der Waals surface area contributed by atoms with E-state index in [0.717, 1.165) is 8.95 Å². The minimum Gasteiger partial charge on any atom is -0.351 e. The Morgan fingerprint density at radius 3 is 2.50 bits per heavy atom. The molecule has 0 fully saturated rings. The molecule has 0 saturated carbocycles. The number of carbonyl (C=O) groups excluding carboxylic acids is 1. The molecule has 2 nitrogen and oxygen atoms in total. The van der Waals surface area contributed by atoms with Crippen LogP contribution in [0.2, 0.25) is 0 Å². The van der Waals surface area contributed by atoms with Crippen LogP contribution < -0.4 is 5.32 Å². The standard InChI is InChI=1S/C16H15Br2NO/c1-11(12-5-3-2-4-6-12)10-19-16(20)14-8-7-13(17)9-15(14)18/h2-9,11H,10H2,1H3,(H,19,20). The van der Waals surface area contributed by atoms with Crippen molar-refractivity contribution in [1.29, 1.82) is 0 Å². The van der Waals surface area contributed by atoms with Gasteiger partial charge < -0.3 is 5.32 Å². The molecule has 1 unspecified atom stereocenters. The third kappa shape index (κ3) is 3.93. The molecule has 0 spiro atoms. The van der Waals surface area contributed by atoms with Gasteiger partial charge in [0.25, 0.3) is 5.91 Å². The maximum Gasteiger partial charge on any atom is 0.252 e. The van der Waals surface area contributed by atoms with Crippen molar-refractivity contribution in [3.05, 3.63) is 68.6 Å². The second kappa shape index (κ2) is 7.04. The number of halogens is 2. The van der Waals surface area contributed by atoms with Gasteiger partial charge in [0, 0.05) is 15.5 Å². The van der Waals surface area contributed by atoms with Crippen LogP contribution in [0.4, 0.5) is 0 Å². The van der Waals surface area contributed by atoms with Crippen molar-refractivity contribution < 1.29 is 4.79 Å². The van der Waals surface area contributed by atoms with Gasteiger partial charge >= 0.3 is 0 Å². The third-order valence-corrected chi connectivity index (χ3v) is 4.26. The fraction of sp³-hybridized carbons (Fsp3) is 0.188. The number of benzene rings is 2. The van der Waals surface area contributed by atoms with Gasteiger partial charge in [-0.3, -0.25) is 4.79 Å². The number of carbonyl (C=O) groups is 1. The summed E-state index contributed by atoms with van der Waals surface area (Å²) in [6.45, 7) is 2.72. The van der Waals surface area contributed by atoms with Crippen molar-refractivity contribution in [1.82, 2.24) is 5.32 Å². The molecule has 1 atom stereocenters. The molecule has 104 valence electrons. The van der Waals surface area contributed by atoms with E-state index in [2.05, 4.69) is 56.2 Å². The van der Waals surface area contributed by atoms with E-state index in [0.29, 0.717) is 12.1 Å². The first-order valence-electron chi connectivity index (χ1n) is 6.36. The lowest BCUT2D eigenvalue weighted by molar-refractivity contribution is 0.0951. The molecule has 0 aliphatic heterocycles. The van der Waals surface area contributed by atoms with Crippen LogP contribution in [0.5, 0.6) is 0 Å². The summed E-state index contributed by atoms with van der Waals surface area (Å²) >= 11 is 6.79. The maximum atomic E-state index is 12.2. The number of hydrogen-bond acceptors (Lipinski definition) is 1. The van der Waals surface area contributed by atoms with Crippen LogP contribution in [0, 0.1) is 0 Å². The zero-order chi connectivity index (χ0) is 14.5. The van der Waals surface area contributed by atoms with Crippen molar-refractivity contribution >= 4 is 37.8 Å². The van der Waals surface area contributed by atoms with Crippen LogP contribution >= 0.6 is 31.9 Å². The number of amides is 1. The van der Waals surface area contributed by atoms with Crippen molar-refractivity contribution in [3.8, 4) is 0 Å². The number of nitrogens with one attached hydrogen (secondary N) is 1. The van der Waals surface area contributed by atoms with E-state index in [-0.39, 0.29) is 11.8 Å². The first kappa shape index (κ1) is 15.3. The Labute approximate surface area is 135 Å². The maximum absolute atomic E-state index is 12.2. The van der Waals surface area contributed by atoms with Crippen LogP contribution in [0.15, 0.2) is 57.5 Å². The smallest absolute Gasteiger partial charge is 0.252 e. The molecular formula is C16H15Br2NO. The predicted octanol–water partition coefficient (Wildman–Crippen LogP) is 4.75. The van der Waals surface area contributed by atoms with Gasteiger partial charge in [0.2, 0.25) is 0 Å². The van der Waals surface area contributed by atoms with Gasteiger partial charge in [-0.2, -0.15) is 0 Å². The summed E-state index contributed by atoms with van der Waals surface area (Å²) < 4.78 is 1.73. The fourth-order valence-corrected chi connectivity index (χ4v) is 3.14. The van der Waals surface area contributed by atoms with E-state index in [4.69, 9.17) is 0 Å². The molecule has 1 amide bonds. The summed E-state index contributed by atoms with van der Waals surface area (Å²) in [6.07, 6.45) is 0. The molecule has 2 aromatic rings. The lowest BCUT2D eigenvalue weighted by Crippen LogP contribution is -2.27. The van der Waals surface area contributed by atoms with E-state index in [1.165, 1.54) is 5.56 Å². The predicted molar refractivity (Wildman–Crippen MR) is 89.0 cm³/mol. The van der Waals surface area contributed by atoms with E-state index in [1.54, 1.807) is 6.07 Å². The van der Waals surface area contributed by atoms with Crippen LogP contribution in [0.1, 0.15) is 28.8 Å². The van der Waals surface area contributed by atoms with Crippen LogP contribution in [0.3, 0.4) is 0 Å². The molecule has 0 heterocycles. The molecule has 2 rings (SSSR count). The Morgan fingerprint density at radius 2 is 1.85 bits per heavy atom. The average Bonchev–Trinajstić information content (AvgIpc) is 2.45. The van der Waals surface area contributed by atoms with E-state index in [9.17, 15) is 4.79 Å². The number of rotatable bonds is 4. The molecule has 0 aliphatic carbocycles. The van der Waals surface area contributed by atoms with Gasteiger partial charge in [0.15, 0.2) is 0 Å². The molecule has 20 heavy (non-hydrogen) atoms. The van der Waals surface area contributed by atoms with E-state index in [1.807, 2.05) is 30.3 Å². The van der Waals surface area contributed by atoms with Crippen LogP contribution in [-0.2, 0) is 0 Å². The SMILES string of the molecule is CC(CNC(=O)c1ccc(Br)cc1Br)c1ccccc1. The van der Waals surface area contributed by atoms with Crippen molar-refractivity contribution in [3.63, 3.8) is 0 Å². The highest BCUT2D eigenvalue weighted by molar-refractivity contribution is 9.11. The number of hydrogen-bond donors (Lipinski definition) is 1. The van der Waals surface area contributed by atoms with Crippen molar-refractivity contribution in [2.24, 2.45) is 0 Å². The van der Waals surface area contributed by atoms with Gasteiger partial charge in [0.1, 0.15) is 0 Å². The molecule has 4 heteroatoms. The largest absolute Gasteiger partial charge is 0.351 e. The summed E-state index contributed by atoms with van der Waals surface area (Å²) in [5.41, 5.74) is 1.87. The highest BCUT2D eigenvalue weighted by Gasteiger charge is 2.12. The van der Waals surface area contributed by atoms with Gasteiger partial charge in [0.05, 0.1) is 5.56 Å². The van der Waals surface area contributed by atoms with Gasteiger partial charge in [-0.15, -0.1) is 0 Å². The molecule has 0 aromatic heterocycles. The summed E-state index contributed by atoms with van der Waals surface area (Å²) in [5, 5.41) is 2.97. The Hall–Kier alpha value is -1.13. The molecule has 2 aromatic carbocycles. The fourth-order valence-electron chi connectivity index (χ4n) is 1.91. The monoisotopic (exact) mass is 395 g/mol. The second-order valence-corrected chi connectivity index (χ2v) is 6.42. The van der Waals surface area contributed by atoms with Crippen molar-refractivity contribution in [2.45, 2.75) is 12.8 Å². The Bertz CT molecular complexity index is 599. The first-order valence-corrected chi connectivity index (χ1v) is 7.94. The molecule has 0 bridgehead atoms. The normalized spacial score (nSPS) is 11.9. The third-order valence-electron chi connectivity index (χ3n) is 3.11. The lowest BCUT2D eigenvalue weighted by atomic mass is 10.0. The first-order chi connectivity index (χ1) is 9.58. The Morgan fingerprint density at radius 1 is 1.15 bits per heavy atom. The topological polar surface area (TPSA) is 29.1 Å². The zero-order valence-electron chi connectivity index (χ0n) is 11.1. The minimum absolute atomic E-state index is 0.0628. The zero-order valence-corrected chi connectivity index (χ0v) is 14.2. The summed E-state index contributed by atoms with van der Waals surface area (Å²) in [7, 11) is 0. The molecule has 0 saturated heterocycles. The highest BCUT2D eigenvalue weighted by Crippen LogP contribution is 2.22. The van der Waals surface area contributed by atoms with Gasteiger partial charge in [-0.05, 0) is 45.6 Å². The Balaban J connectivity index is 1.99. The van der Waals surface area contributed by atoms with Crippen LogP contribution in [0.25, 0.3) is 0 Å². The van der Waals surface area contributed by atoms with Crippen LogP contribution in [-0.4, -0.2) is 12.5 Å². The average molecular weight is 397 g/mol. The molecule has 1 N–H and O–H groups in total. The highest BCUT2D eigenvalue weighted by atomic mass is 79.9. The Kier molecular flexibility index (Phi) is 5.38. The second-order valence-electron chi connectivity index (χ2n) is 4.65. The minimum atomic E-state index is -0.0628. The summed E-state index contributed by atoms with van der Waals surface area (Å²) in [4.78, 5) is 12.2. The van der Waals surface area contributed by atoms with E-state index < -0.39 is 0 Å². The molecular weight excluding hydrogens is 382 g/mol. The van der Waals surface area contributed by atoms with Gasteiger partial charge in [-0.1, -0.05) is 53.2 Å². The summed E-state index contributed by atoms with van der Waals surface area (Å²) in [5.74, 6) is 0.224. The van der Waals surface area contributed by atoms with E-state index >= 15 is 0 Å². The summed E-state index contributed by atoms with van der Waals surface area (Å²) in [6, 6.07) is 15.7. The van der Waals surface area contributed by atoms with Crippen molar-refractivity contribution in [2.75, 3.05) is 6.54 Å². The lowest BCUT2D eigenvalue weighted by Gasteiger charge is -2.13. The molecule has 0 radical (unpaired) electrons. The van der Waals surface area contributed by atoms with Gasteiger partial charge in [-0.25, -0.2) is 0 Å². The molecule has 0 aliphatic rings. The quantitative estimate of drug-likeness (QED) is 0.793.